The second-order valence-electron chi connectivity index (χ2n) is 2.67. The minimum absolute atomic E-state index is 0.668. The largest absolute Gasteiger partial charge is 0.378 e. The molecule has 0 heterocycles. The van der Waals surface area contributed by atoms with Crippen LogP contribution in [0.4, 0.5) is 5.69 Å². The normalized spacial score (nSPS) is 9.17. The van der Waals surface area contributed by atoms with Gasteiger partial charge in [0.15, 0.2) is 0 Å². The van der Waals surface area contributed by atoms with E-state index in [2.05, 4.69) is 22.0 Å². The molecule has 0 aliphatic rings. The Morgan fingerprint density at radius 1 is 1.42 bits per heavy atom. The molecule has 0 bridgehead atoms. The number of benzene rings is 1. The maximum atomic E-state index is 8.73. The molecule has 0 fully saturated rings. The summed E-state index contributed by atoms with van der Waals surface area (Å²) in [7, 11) is 3.90. The summed E-state index contributed by atoms with van der Waals surface area (Å²) < 4.78 is 0.843. The smallest absolute Gasteiger partial charge is 0.100 e. The summed E-state index contributed by atoms with van der Waals surface area (Å²) in [5.74, 6) is 0. The fourth-order valence-corrected chi connectivity index (χ4v) is 1.21. The Balaban J connectivity index is 3.16. The molecule has 3 heteroatoms. The highest BCUT2D eigenvalue weighted by Crippen LogP contribution is 2.21. The molecular formula is C9H9BrN2. The zero-order valence-electron chi connectivity index (χ0n) is 7.00. The van der Waals surface area contributed by atoms with E-state index >= 15 is 0 Å². The van der Waals surface area contributed by atoms with Crippen molar-refractivity contribution in [2.45, 2.75) is 0 Å². The summed E-state index contributed by atoms with van der Waals surface area (Å²) in [6.07, 6.45) is 0. The molecule has 0 aromatic heterocycles. The van der Waals surface area contributed by atoms with E-state index in [9.17, 15) is 0 Å². The van der Waals surface area contributed by atoms with Gasteiger partial charge in [-0.2, -0.15) is 5.26 Å². The third-order valence-electron chi connectivity index (χ3n) is 1.59. The first-order valence-corrected chi connectivity index (χ1v) is 4.31. The van der Waals surface area contributed by atoms with Crippen molar-refractivity contribution in [3.05, 3.63) is 28.2 Å². The monoisotopic (exact) mass is 224 g/mol. The van der Waals surface area contributed by atoms with Crippen LogP contribution in [0.1, 0.15) is 5.56 Å². The Kier molecular flexibility index (Phi) is 2.72. The molecule has 0 aliphatic carbocycles. The lowest BCUT2D eigenvalue weighted by Gasteiger charge is -2.12. The number of rotatable bonds is 1. The maximum Gasteiger partial charge on any atom is 0.100 e. The van der Waals surface area contributed by atoms with Crippen LogP contribution in [0.2, 0.25) is 0 Å². The first-order valence-electron chi connectivity index (χ1n) is 3.52. The molecule has 1 aromatic carbocycles. The first-order chi connectivity index (χ1) is 5.65. The Morgan fingerprint density at radius 2 is 2.08 bits per heavy atom. The fourth-order valence-electron chi connectivity index (χ4n) is 0.877. The van der Waals surface area contributed by atoms with Crippen molar-refractivity contribution >= 4 is 21.6 Å². The van der Waals surface area contributed by atoms with Crippen molar-refractivity contribution in [3.8, 4) is 6.07 Å². The first kappa shape index (κ1) is 9.08. The van der Waals surface area contributed by atoms with Gasteiger partial charge in [-0.15, -0.1) is 0 Å². The number of hydrogen-bond acceptors (Lipinski definition) is 2. The molecule has 0 saturated heterocycles. The third kappa shape index (κ3) is 1.77. The van der Waals surface area contributed by atoms with Crippen LogP contribution < -0.4 is 4.90 Å². The van der Waals surface area contributed by atoms with Crippen LogP contribution in [0.3, 0.4) is 0 Å². The van der Waals surface area contributed by atoms with Crippen molar-refractivity contribution in [2.75, 3.05) is 19.0 Å². The van der Waals surface area contributed by atoms with Crippen LogP contribution in [0, 0.1) is 11.3 Å². The lowest BCUT2D eigenvalue weighted by molar-refractivity contribution is 1.13. The molecule has 0 spiro atoms. The third-order valence-corrected chi connectivity index (χ3v) is 2.28. The summed E-state index contributed by atoms with van der Waals surface area (Å²) >= 11 is 3.30. The highest BCUT2D eigenvalue weighted by molar-refractivity contribution is 9.10. The molecule has 0 amide bonds. The zero-order valence-corrected chi connectivity index (χ0v) is 8.59. The van der Waals surface area contributed by atoms with Crippen LogP contribution in [0.25, 0.3) is 0 Å². The number of anilines is 1. The fraction of sp³-hybridized carbons (Fsp3) is 0.222. The average Bonchev–Trinajstić information content (AvgIpc) is 2.05. The van der Waals surface area contributed by atoms with Gasteiger partial charge in [0.05, 0.1) is 5.56 Å². The molecule has 12 heavy (non-hydrogen) atoms. The lowest BCUT2D eigenvalue weighted by Crippen LogP contribution is -2.08. The Morgan fingerprint density at radius 3 is 2.58 bits per heavy atom. The molecule has 0 unspecified atom stereocenters. The predicted molar refractivity (Wildman–Crippen MR) is 53.2 cm³/mol. The molecule has 1 aromatic rings. The minimum atomic E-state index is 0.668. The van der Waals surface area contributed by atoms with Crippen molar-refractivity contribution in [1.82, 2.24) is 0 Å². The van der Waals surface area contributed by atoms with Crippen LogP contribution in [-0.4, -0.2) is 14.1 Å². The predicted octanol–water partition coefficient (Wildman–Crippen LogP) is 2.39. The summed E-state index contributed by atoms with van der Waals surface area (Å²) in [4.78, 5) is 1.97. The van der Waals surface area contributed by atoms with E-state index < -0.39 is 0 Å². The van der Waals surface area contributed by atoms with Gasteiger partial charge >= 0.3 is 0 Å². The van der Waals surface area contributed by atoms with Gasteiger partial charge in [0.25, 0.3) is 0 Å². The van der Waals surface area contributed by atoms with Gasteiger partial charge in [-0.25, -0.2) is 0 Å². The van der Waals surface area contributed by atoms with Crippen LogP contribution >= 0.6 is 15.9 Å². The maximum absolute atomic E-state index is 8.73. The molecule has 0 atom stereocenters. The second-order valence-corrected chi connectivity index (χ2v) is 3.52. The molecule has 0 radical (unpaired) electrons. The highest BCUT2D eigenvalue weighted by Gasteiger charge is 2.00. The Labute approximate surface area is 80.5 Å². The van der Waals surface area contributed by atoms with E-state index in [-0.39, 0.29) is 0 Å². The van der Waals surface area contributed by atoms with Gasteiger partial charge in [0.2, 0.25) is 0 Å². The number of nitrogens with zero attached hydrogens (tertiary/aromatic N) is 2. The van der Waals surface area contributed by atoms with Crippen LogP contribution in [0.15, 0.2) is 22.7 Å². The van der Waals surface area contributed by atoms with E-state index in [1.165, 1.54) is 0 Å². The molecule has 1 rings (SSSR count). The number of hydrogen-bond donors (Lipinski definition) is 0. The highest BCUT2D eigenvalue weighted by atomic mass is 79.9. The lowest BCUT2D eigenvalue weighted by atomic mass is 10.2. The van der Waals surface area contributed by atoms with Gasteiger partial charge in [-0.05, 0) is 34.1 Å². The van der Waals surface area contributed by atoms with E-state index in [0.717, 1.165) is 10.2 Å². The van der Waals surface area contributed by atoms with Crippen LogP contribution in [0.5, 0.6) is 0 Å². The SMILES string of the molecule is CN(C)c1ccc(Br)c(C#N)c1. The van der Waals surface area contributed by atoms with E-state index in [1.54, 1.807) is 0 Å². The van der Waals surface area contributed by atoms with Gasteiger partial charge < -0.3 is 4.90 Å². The minimum Gasteiger partial charge on any atom is -0.378 e. The molecule has 2 nitrogen and oxygen atoms in total. The molecule has 0 N–H and O–H groups in total. The van der Waals surface area contributed by atoms with E-state index in [0.29, 0.717) is 5.56 Å². The quantitative estimate of drug-likeness (QED) is 0.733. The Bertz CT molecular complexity index is 326. The molecule has 62 valence electrons. The number of nitriles is 1. The summed E-state index contributed by atoms with van der Waals surface area (Å²) in [5.41, 5.74) is 1.70. The molecular weight excluding hydrogens is 216 g/mol. The summed E-state index contributed by atoms with van der Waals surface area (Å²) in [6.45, 7) is 0. The summed E-state index contributed by atoms with van der Waals surface area (Å²) in [5, 5.41) is 8.73. The van der Waals surface area contributed by atoms with Crippen LogP contribution in [-0.2, 0) is 0 Å². The van der Waals surface area contributed by atoms with Gasteiger partial charge in [0.1, 0.15) is 6.07 Å². The van der Waals surface area contributed by atoms with Gasteiger partial charge in [-0.3, -0.25) is 0 Å². The zero-order chi connectivity index (χ0) is 9.14. The second kappa shape index (κ2) is 3.59. The van der Waals surface area contributed by atoms with Crippen molar-refractivity contribution in [3.63, 3.8) is 0 Å². The van der Waals surface area contributed by atoms with Crippen molar-refractivity contribution in [2.24, 2.45) is 0 Å². The Hall–Kier alpha value is -1.01. The van der Waals surface area contributed by atoms with Gasteiger partial charge in [0, 0.05) is 24.3 Å². The topological polar surface area (TPSA) is 27.0 Å². The van der Waals surface area contributed by atoms with E-state index in [4.69, 9.17) is 5.26 Å². The standard InChI is InChI=1S/C9H9BrN2/c1-12(2)8-3-4-9(10)7(5-8)6-11/h3-5H,1-2H3. The molecule has 0 saturated carbocycles. The summed E-state index contributed by atoms with van der Waals surface area (Å²) in [6, 6.07) is 7.81. The van der Waals surface area contributed by atoms with Gasteiger partial charge in [-0.1, -0.05) is 0 Å². The van der Waals surface area contributed by atoms with Crippen molar-refractivity contribution < 1.29 is 0 Å². The van der Waals surface area contributed by atoms with E-state index in [1.807, 2.05) is 37.2 Å². The van der Waals surface area contributed by atoms with Crippen molar-refractivity contribution in [1.29, 1.82) is 5.26 Å². The molecule has 0 aliphatic heterocycles. The number of halogens is 1. The average molecular weight is 225 g/mol.